The predicted molar refractivity (Wildman–Crippen MR) is 70.5 cm³/mol. The van der Waals surface area contributed by atoms with Gasteiger partial charge >= 0.3 is 0 Å². The smallest absolute Gasteiger partial charge is 0.255 e. The molecule has 0 bridgehead atoms. The quantitative estimate of drug-likeness (QED) is 0.870. The zero-order chi connectivity index (χ0) is 13.1. The van der Waals surface area contributed by atoms with Gasteiger partial charge < -0.3 is 5.32 Å². The van der Waals surface area contributed by atoms with E-state index >= 15 is 0 Å². The number of nitrogens with one attached hydrogen (secondary N) is 1. The molecule has 2 nitrogen and oxygen atoms in total. The van der Waals surface area contributed by atoms with E-state index < -0.39 is 5.82 Å². The maximum absolute atomic E-state index is 13.0. The third-order valence-corrected chi connectivity index (χ3v) is 2.77. The second-order valence-corrected chi connectivity index (χ2v) is 4.36. The van der Waals surface area contributed by atoms with Crippen LogP contribution in [0.5, 0.6) is 0 Å². The van der Waals surface area contributed by atoms with Crippen LogP contribution in [0, 0.1) is 12.7 Å². The highest BCUT2D eigenvalue weighted by atomic mass is 35.5. The number of aryl methyl sites for hydroxylation is 1. The lowest BCUT2D eigenvalue weighted by molar-refractivity contribution is 0.102. The van der Waals surface area contributed by atoms with Crippen molar-refractivity contribution in [3.05, 3.63) is 64.4 Å². The molecule has 2 rings (SSSR count). The largest absolute Gasteiger partial charge is 0.322 e. The molecule has 4 heteroatoms. The number of rotatable bonds is 2. The molecule has 0 saturated heterocycles. The fourth-order valence-electron chi connectivity index (χ4n) is 1.55. The van der Waals surface area contributed by atoms with Crippen LogP contribution in [0.1, 0.15) is 15.9 Å². The van der Waals surface area contributed by atoms with E-state index in [9.17, 15) is 9.18 Å². The number of amides is 1. The summed E-state index contributed by atoms with van der Waals surface area (Å²) >= 11 is 5.86. The van der Waals surface area contributed by atoms with Crippen molar-refractivity contribution in [3.8, 4) is 0 Å². The van der Waals surface area contributed by atoms with Crippen molar-refractivity contribution in [2.75, 3.05) is 5.32 Å². The summed E-state index contributed by atoms with van der Waals surface area (Å²) in [7, 11) is 0. The second-order valence-electron chi connectivity index (χ2n) is 3.92. The molecule has 1 N–H and O–H groups in total. The van der Waals surface area contributed by atoms with Crippen LogP contribution in [-0.2, 0) is 0 Å². The van der Waals surface area contributed by atoms with Crippen molar-refractivity contribution in [1.29, 1.82) is 0 Å². The van der Waals surface area contributed by atoms with Crippen LogP contribution in [-0.4, -0.2) is 5.91 Å². The minimum atomic E-state index is -0.439. The van der Waals surface area contributed by atoms with Gasteiger partial charge in [-0.25, -0.2) is 4.39 Å². The molecule has 0 aliphatic heterocycles. The predicted octanol–water partition coefficient (Wildman–Crippen LogP) is 4.04. The van der Waals surface area contributed by atoms with Crippen molar-refractivity contribution in [2.24, 2.45) is 0 Å². The Labute approximate surface area is 109 Å². The monoisotopic (exact) mass is 263 g/mol. The maximum Gasteiger partial charge on any atom is 0.255 e. The molecule has 2 aromatic rings. The van der Waals surface area contributed by atoms with E-state index in [0.29, 0.717) is 10.7 Å². The standard InChI is InChI=1S/C14H11ClFNO/c1-9-5-6-11(15)8-13(9)17-14(18)10-3-2-4-12(16)7-10/h2-8H,1H3,(H,17,18). The van der Waals surface area contributed by atoms with Crippen molar-refractivity contribution < 1.29 is 9.18 Å². The van der Waals surface area contributed by atoms with Crippen LogP contribution in [0.15, 0.2) is 42.5 Å². The van der Waals surface area contributed by atoms with E-state index in [-0.39, 0.29) is 11.5 Å². The first-order valence-electron chi connectivity index (χ1n) is 5.39. The molecule has 0 radical (unpaired) electrons. The SMILES string of the molecule is Cc1ccc(Cl)cc1NC(=O)c1cccc(F)c1. The molecule has 0 aromatic heterocycles. The molecular formula is C14H11ClFNO. The molecule has 0 fully saturated rings. The molecule has 0 unspecified atom stereocenters. The molecule has 0 saturated carbocycles. The van der Waals surface area contributed by atoms with Crippen LogP contribution < -0.4 is 5.32 Å². The van der Waals surface area contributed by atoms with E-state index in [2.05, 4.69) is 5.32 Å². The zero-order valence-corrected chi connectivity index (χ0v) is 10.5. The Hall–Kier alpha value is -1.87. The Bertz CT molecular complexity index is 598. The van der Waals surface area contributed by atoms with Gasteiger partial charge in [-0.2, -0.15) is 0 Å². The van der Waals surface area contributed by atoms with E-state index in [1.54, 1.807) is 18.2 Å². The average molecular weight is 264 g/mol. The van der Waals surface area contributed by atoms with Crippen molar-refractivity contribution in [2.45, 2.75) is 6.92 Å². The lowest BCUT2D eigenvalue weighted by Crippen LogP contribution is -2.12. The number of halogens is 2. The van der Waals surface area contributed by atoms with Gasteiger partial charge in [-0.05, 0) is 42.8 Å². The Morgan fingerprint density at radius 1 is 1.22 bits per heavy atom. The van der Waals surface area contributed by atoms with Crippen LogP contribution in [0.3, 0.4) is 0 Å². The summed E-state index contributed by atoms with van der Waals surface area (Å²) in [6, 6.07) is 10.7. The second kappa shape index (κ2) is 5.19. The molecule has 18 heavy (non-hydrogen) atoms. The van der Waals surface area contributed by atoms with E-state index in [1.165, 1.54) is 18.2 Å². The summed E-state index contributed by atoms with van der Waals surface area (Å²) < 4.78 is 13.0. The minimum Gasteiger partial charge on any atom is -0.322 e. The number of carbonyl (C=O) groups excluding carboxylic acids is 1. The highest BCUT2D eigenvalue weighted by Crippen LogP contribution is 2.20. The minimum absolute atomic E-state index is 0.273. The molecule has 0 spiro atoms. The molecule has 0 aliphatic carbocycles. The summed E-state index contributed by atoms with van der Waals surface area (Å²) in [4.78, 5) is 11.9. The molecule has 0 heterocycles. The Balaban J connectivity index is 2.24. The van der Waals surface area contributed by atoms with Crippen LogP contribution in [0.2, 0.25) is 5.02 Å². The van der Waals surface area contributed by atoms with E-state index in [1.807, 2.05) is 13.0 Å². The molecule has 92 valence electrons. The van der Waals surface area contributed by atoms with Gasteiger partial charge in [-0.1, -0.05) is 23.7 Å². The van der Waals surface area contributed by atoms with Crippen LogP contribution in [0.25, 0.3) is 0 Å². The topological polar surface area (TPSA) is 29.1 Å². The Morgan fingerprint density at radius 2 is 2.00 bits per heavy atom. The van der Waals surface area contributed by atoms with E-state index in [4.69, 9.17) is 11.6 Å². The lowest BCUT2D eigenvalue weighted by atomic mass is 10.1. The first kappa shape index (κ1) is 12.6. The maximum atomic E-state index is 13.0. The first-order valence-corrected chi connectivity index (χ1v) is 5.77. The Kier molecular flexibility index (Phi) is 3.63. The summed E-state index contributed by atoms with van der Waals surface area (Å²) in [6.45, 7) is 1.86. The van der Waals surface area contributed by atoms with Gasteiger partial charge in [0.05, 0.1) is 0 Å². The van der Waals surface area contributed by atoms with Crippen LogP contribution in [0.4, 0.5) is 10.1 Å². The number of hydrogen-bond donors (Lipinski definition) is 1. The molecule has 2 aromatic carbocycles. The van der Waals surface area contributed by atoms with Crippen LogP contribution >= 0.6 is 11.6 Å². The highest BCUT2D eigenvalue weighted by molar-refractivity contribution is 6.31. The van der Waals surface area contributed by atoms with Gasteiger partial charge in [-0.15, -0.1) is 0 Å². The third-order valence-electron chi connectivity index (χ3n) is 2.53. The van der Waals surface area contributed by atoms with Crippen molar-refractivity contribution in [1.82, 2.24) is 0 Å². The molecule has 1 amide bonds. The summed E-state index contributed by atoms with van der Waals surface area (Å²) in [6.07, 6.45) is 0. The molecule has 0 aliphatic rings. The first-order chi connectivity index (χ1) is 8.56. The van der Waals surface area contributed by atoms with Gasteiger partial charge in [0.2, 0.25) is 0 Å². The van der Waals surface area contributed by atoms with Gasteiger partial charge in [0.1, 0.15) is 5.82 Å². The normalized spacial score (nSPS) is 10.2. The van der Waals surface area contributed by atoms with E-state index in [0.717, 1.165) is 5.56 Å². The Morgan fingerprint density at radius 3 is 2.72 bits per heavy atom. The van der Waals surface area contributed by atoms with Crippen molar-refractivity contribution in [3.63, 3.8) is 0 Å². The van der Waals surface area contributed by atoms with Gasteiger partial charge in [-0.3, -0.25) is 4.79 Å². The summed E-state index contributed by atoms with van der Waals surface area (Å²) in [5.41, 5.74) is 1.79. The molecular weight excluding hydrogens is 253 g/mol. The fourth-order valence-corrected chi connectivity index (χ4v) is 1.73. The summed E-state index contributed by atoms with van der Waals surface area (Å²) in [5, 5.41) is 3.24. The highest BCUT2D eigenvalue weighted by Gasteiger charge is 2.08. The average Bonchev–Trinajstić information content (AvgIpc) is 2.34. The fraction of sp³-hybridized carbons (Fsp3) is 0.0714. The lowest BCUT2D eigenvalue weighted by Gasteiger charge is -2.08. The number of anilines is 1. The number of benzene rings is 2. The summed E-state index contributed by atoms with van der Waals surface area (Å²) in [5.74, 6) is -0.801. The van der Waals surface area contributed by atoms with Gasteiger partial charge in [0, 0.05) is 16.3 Å². The molecule has 0 atom stereocenters. The van der Waals surface area contributed by atoms with Crippen molar-refractivity contribution >= 4 is 23.2 Å². The number of hydrogen-bond acceptors (Lipinski definition) is 1. The van der Waals surface area contributed by atoms with Gasteiger partial charge in [0.25, 0.3) is 5.91 Å². The number of carbonyl (C=O) groups is 1. The van der Waals surface area contributed by atoms with Gasteiger partial charge in [0.15, 0.2) is 0 Å². The zero-order valence-electron chi connectivity index (χ0n) is 9.71. The third kappa shape index (κ3) is 2.87.